The van der Waals surface area contributed by atoms with Crippen LogP contribution in [-0.2, 0) is 0 Å². The molecule has 2 unspecified atom stereocenters. The SMILES string of the molecule is CC1CC(C)CC(N[C@@H](C)c2ccccc2)C1. The smallest absolute Gasteiger partial charge is 0.0294 e. The summed E-state index contributed by atoms with van der Waals surface area (Å²) >= 11 is 0. The Hall–Kier alpha value is -0.820. The van der Waals surface area contributed by atoms with Crippen LogP contribution >= 0.6 is 0 Å². The normalized spacial score (nSPS) is 31.1. The molecule has 17 heavy (non-hydrogen) atoms. The minimum atomic E-state index is 0.471. The summed E-state index contributed by atoms with van der Waals surface area (Å²) in [6.07, 6.45) is 4.07. The maximum Gasteiger partial charge on any atom is 0.0294 e. The first-order chi connectivity index (χ1) is 8.15. The Morgan fingerprint density at radius 2 is 1.59 bits per heavy atom. The predicted molar refractivity (Wildman–Crippen MR) is 74.0 cm³/mol. The Morgan fingerprint density at radius 1 is 1.00 bits per heavy atom. The van der Waals surface area contributed by atoms with Gasteiger partial charge in [-0.2, -0.15) is 0 Å². The van der Waals surface area contributed by atoms with Crippen molar-refractivity contribution < 1.29 is 0 Å². The minimum absolute atomic E-state index is 0.471. The average molecular weight is 231 g/mol. The zero-order valence-corrected chi connectivity index (χ0v) is 11.3. The second kappa shape index (κ2) is 5.68. The lowest BCUT2D eigenvalue weighted by atomic mass is 9.80. The largest absolute Gasteiger partial charge is 0.307 e. The van der Waals surface area contributed by atoms with Crippen LogP contribution in [0, 0.1) is 11.8 Å². The summed E-state index contributed by atoms with van der Waals surface area (Å²) in [7, 11) is 0. The maximum absolute atomic E-state index is 3.80. The third kappa shape index (κ3) is 3.57. The summed E-state index contributed by atoms with van der Waals surface area (Å²) in [4.78, 5) is 0. The summed E-state index contributed by atoms with van der Waals surface area (Å²) in [6, 6.07) is 11.9. The standard InChI is InChI=1S/C16H25N/c1-12-9-13(2)11-16(10-12)17-14(3)15-7-5-4-6-8-15/h4-8,12-14,16-17H,9-11H2,1-3H3/t12?,13?,14-,16?/m0/s1. The van der Waals surface area contributed by atoms with E-state index in [0.717, 1.165) is 11.8 Å². The maximum atomic E-state index is 3.80. The monoisotopic (exact) mass is 231 g/mol. The van der Waals surface area contributed by atoms with Crippen molar-refractivity contribution in [3.63, 3.8) is 0 Å². The Kier molecular flexibility index (Phi) is 4.22. The van der Waals surface area contributed by atoms with Crippen LogP contribution in [0.25, 0.3) is 0 Å². The second-order valence-electron chi connectivity index (χ2n) is 5.91. The van der Waals surface area contributed by atoms with Crippen LogP contribution in [0.15, 0.2) is 30.3 Å². The number of rotatable bonds is 3. The van der Waals surface area contributed by atoms with Crippen LogP contribution in [0.4, 0.5) is 0 Å². The van der Waals surface area contributed by atoms with Gasteiger partial charge in [0, 0.05) is 12.1 Å². The van der Waals surface area contributed by atoms with Gasteiger partial charge in [0.1, 0.15) is 0 Å². The summed E-state index contributed by atoms with van der Waals surface area (Å²) in [5, 5.41) is 3.80. The van der Waals surface area contributed by atoms with Crippen molar-refractivity contribution in [3.05, 3.63) is 35.9 Å². The van der Waals surface area contributed by atoms with Crippen molar-refractivity contribution >= 4 is 0 Å². The molecular weight excluding hydrogens is 206 g/mol. The van der Waals surface area contributed by atoms with E-state index in [9.17, 15) is 0 Å². The zero-order valence-electron chi connectivity index (χ0n) is 11.3. The third-order valence-electron chi connectivity index (χ3n) is 3.96. The molecule has 1 fully saturated rings. The molecule has 2 rings (SSSR count). The van der Waals surface area contributed by atoms with E-state index in [1.165, 1.54) is 24.8 Å². The molecule has 0 heterocycles. The second-order valence-corrected chi connectivity index (χ2v) is 5.91. The number of hydrogen-bond acceptors (Lipinski definition) is 1. The van der Waals surface area contributed by atoms with E-state index in [4.69, 9.17) is 0 Å². The van der Waals surface area contributed by atoms with Crippen molar-refractivity contribution in [2.24, 2.45) is 11.8 Å². The first-order valence-corrected chi connectivity index (χ1v) is 6.96. The van der Waals surface area contributed by atoms with E-state index in [1.54, 1.807) is 0 Å². The van der Waals surface area contributed by atoms with Crippen molar-refractivity contribution in [3.8, 4) is 0 Å². The number of hydrogen-bond donors (Lipinski definition) is 1. The lowest BCUT2D eigenvalue weighted by Crippen LogP contribution is -2.37. The summed E-state index contributed by atoms with van der Waals surface area (Å²) in [6.45, 7) is 7.05. The van der Waals surface area contributed by atoms with Crippen molar-refractivity contribution in [2.45, 2.75) is 52.1 Å². The third-order valence-corrected chi connectivity index (χ3v) is 3.96. The van der Waals surface area contributed by atoms with Crippen molar-refractivity contribution in [1.82, 2.24) is 5.32 Å². The van der Waals surface area contributed by atoms with E-state index in [-0.39, 0.29) is 0 Å². The molecule has 0 radical (unpaired) electrons. The van der Waals surface area contributed by atoms with Crippen LogP contribution in [0.2, 0.25) is 0 Å². The highest BCUT2D eigenvalue weighted by Crippen LogP contribution is 2.29. The molecular formula is C16H25N. The van der Waals surface area contributed by atoms with Gasteiger partial charge in [0.2, 0.25) is 0 Å². The quantitative estimate of drug-likeness (QED) is 0.823. The van der Waals surface area contributed by atoms with Gasteiger partial charge in [0.15, 0.2) is 0 Å². The van der Waals surface area contributed by atoms with Crippen molar-refractivity contribution in [2.75, 3.05) is 0 Å². The first kappa shape index (κ1) is 12.6. The van der Waals surface area contributed by atoms with E-state index < -0.39 is 0 Å². The van der Waals surface area contributed by atoms with Crippen LogP contribution in [-0.4, -0.2) is 6.04 Å². The Morgan fingerprint density at radius 3 is 2.18 bits per heavy atom. The topological polar surface area (TPSA) is 12.0 Å². The highest BCUT2D eigenvalue weighted by molar-refractivity contribution is 5.18. The van der Waals surface area contributed by atoms with E-state index in [2.05, 4.69) is 56.4 Å². The Balaban J connectivity index is 1.92. The van der Waals surface area contributed by atoms with Gasteiger partial charge in [-0.15, -0.1) is 0 Å². The van der Waals surface area contributed by atoms with Gasteiger partial charge in [0.05, 0.1) is 0 Å². The fourth-order valence-corrected chi connectivity index (χ4v) is 3.27. The first-order valence-electron chi connectivity index (χ1n) is 6.96. The van der Waals surface area contributed by atoms with Gasteiger partial charge in [-0.1, -0.05) is 44.2 Å². The summed E-state index contributed by atoms with van der Waals surface area (Å²) < 4.78 is 0. The van der Waals surface area contributed by atoms with Gasteiger partial charge >= 0.3 is 0 Å². The van der Waals surface area contributed by atoms with Gasteiger partial charge in [-0.05, 0) is 43.6 Å². The van der Waals surface area contributed by atoms with Gasteiger partial charge in [-0.3, -0.25) is 0 Å². The molecule has 1 N–H and O–H groups in total. The minimum Gasteiger partial charge on any atom is -0.307 e. The molecule has 1 aliphatic rings. The predicted octanol–water partition coefficient (Wildman–Crippen LogP) is 4.16. The molecule has 1 nitrogen and oxygen atoms in total. The summed E-state index contributed by atoms with van der Waals surface area (Å²) in [5.41, 5.74) is 1.40. The molecule has 0 aromatic heterocycles. The van der Waals surface area contributed by atoms with E-state index in [1.807, 2.05) is 0 Å². The Labute approximate surface area is 106 Å². The molecule has 1 aromatic carbocycles. The average Bonchev–Trinajstić information content (AvgIpc) is 2.28. The molecule has 0 bridgehead atoms. The molecule has 0 spiro atoms. The molecule has 1 aliphatic carbocycles. The van der Waals surface area contributed by atoms with Gasteiger partial charge < -0.3 is 5.32 Å². The van der Waals surface area contributed by atoms with Gasteiger partial charge in [-0.25, -0.2) is 0 Å². The molecule has 1 saturated carbocycles. The van der Waals surface area contributed by atoms with E-state index in [0.29, 0.717) is 12.1 Å². The van der Waals surface area contributed by atoms with Gasteiger partial charge in [0.25, 0.3) is 0 Å². The van der Waals surface area contributed by atoms with E-state index >= 15 is 0 Å². The van der Waals surface area contributed by atoms with Crippen LogP contribution in [0.5, 0.6) is 0 Å². The lowest BCUT2D eigenvalue weighted by molar-refractivity contribution is 0.228. The van der Waals surface area contributed by atoms with Crippen LogP contribution in [0.1, 0.15) is 51.6 Å². The highest BCUT2D eigenvalue weighted by Gasteiger charge is 2.24. The fourth-order valence-electron chi connectivity index (χ4n) is 3.27. The Bertz CT molecular complexity index is 323. The number of nitrogens with one attached hydrogen (secondary N) is 1. The molecule has 1 aromatic rings. The molecule has 0 aliphatic heterocycles. The lowest BCUT2D eigenvalue weighted by Gasteiger charge is -2.34. The fraction of sp³-hybridized carbons (Fsp3) is 0.625. The molecule has 3 atom stereocenters. The zero-order chi connectivity index (χ0) is 12.3. The molecule has 0 saturated heterocycles. The molecule has 1 heteroatoms. The number of benzene rings is 1. The summed E-state index contributed by atoms with van der Waals surface area (Å²) in [5.74, 6) is 1.75. The highest BCUT2D eigenvalue weighted by atomic mass is 14.9. The van der Waals surface area contributed by atoms with Crippen molar-refractivity contribution in [1.29, 1.82) is 0 Å². The molecule has 0 amide bonds. The van der Waals surface area contributed by atoms with Crippen LogP contribution < -0.4 is 5.32 Å². The molecule has 94 valence electrons. The van der Waals surface area contributed by atoms with Crippen LogP contribution in [0.3, 0.4) is 0 Å².